The van der Waals surface area contributed by atoms with Crippen LogP contribution in [0.25, 0.3) is 11.1 Å². The van der Waals surface area contributed by atoms with E-state index >= 15 is 0 Å². The molecule has 0 fully saturated rings. The van der Waals surface area contributed by atoms with Crippen LogP contribution in [-0.2, 0) is 22.6 Å². The number of ether oxygens (including phenoxy) is 2. The fourth-order valence-corrected chi connectivity index (χ4v) is 3.57. The average molecular weight is 424 g/mol. The summed E-state index contributed by atoms with van der Waals surface area (Å²) < 4.78 is 16.2. The smallest absolute Gasteiger partial charge is 0.417 e. The third kappa shape index (κ3) is 4.63. The Hall–Kier alpha value is -3.55. The number of benzene rings is 2. The summed E-state index contributed by atoms with van der Waals surface area (Å²) in [4.78, 5) is 40.5. The largest absolute Gasteiger partial charge is 0.493 e. The van der Waals surface area contributed by atoms with Crippen LogP contribution in [-0.4, -0.2) is 34.0 Å². The molecule has 1 aliphatic heterocycles. The Bertz CT molecular complexity index is 1200. The van der Waals surface area contributed by atoms with E-state index < -0.39 is 11.4 Å². The van der Waals surface area contributed by atoms with Crippen molar-refractivity contribution in [3.8, 4) is 5.75 Å². The lowest BCUT2D eigenvalue weighted by Crippen LogP contribution is -2.25. The number of nitrogens with zero attached hydrogens (tertiary/aromatic N) is 1. The molecule has 0 saturated carbocycles. The van der Waals surface area contributed by atoms with Crippen LogP contribution in [0.4, 0.5) is 0 Å². The van der Waals surface area contributed by atoms with Crippen LogP contribution < -0.4 is 10.5 Å². The van der Waals surface area contributed by atoms with Crippen LogP contribution in [0.15, 0.2) is 45.6 Å². The molecule has 4 rings (SSSR count). The fourth-order valence-electron chi connectivity index (χ4n) is 3.57. The van der Waals surface area contributed by atoms with Crippen LogP contribution in [0.3, 0.4) is 0 Å². The van der Waals surface area contributed by atoms with E-state index in [1.54, 1.807) is 23.1 Å². The second-order valence-corrected chi connectivity index (χ2v) is 8.47. The highest BCUT2D eigenvalue weighted by atomic mass is 16.6. The Morgan fingerprint density at radius 1 is 1.16 bits per heavy atom. The number of esters is 1. The number of hydrogen-bond donors (Lipinski definition) is 1. The maximum atomic E-state index is 13.0. The molecule has 0 aliphatic carbocycles. The fraction of sp³-hybridized carbons (Fsp3) is 0.348. The first kappa shape index (κ1) is 20.7. The molecule has 1 aliphatic rings. The molecule has 2 heterocycles. The second kappa shape index (κ2) is 7.94. The van der Waals surface area contributed by atoms with Crippen LogP contribution >= 0.6 is 0 Å². The highest BCUT2D eigenvalue weighted by Gasteiger charge is 2.27. The molecule has 0 unspecified atom stereocenters. The van der Waals surface area contributed by atoms with E-state index in [-0.39, 0.29) is 24.9 Å². The van der Waals surface area contributed by atoms with Gasteiger partial charge in [-0.1, -0.05) is 12.1 Å². The minimum Gasteiger partial charge on any atom is -0.493 e. The molecule has 8 heteroatoms. The number of carbonyl (C=O) groups excluding carboxylic acids is 2. The third-order valence-corrected chi connectivity index (χ3v) is 4.88. The maximum Gasteiger partial charge on any atom is 0.417 e. The Morgan fingerprint density at radius 2 is 1.97 bits per heavy atom. The molecule has 0 bridgehead atoms. The van der Waals surface area contributed by atoms with Gasteiger partial charge >= 0.3 is 11.7 Å². The van der Waals surface area contributed by atoms with Gasteiger partial charge in [-0.2, -0.15) is 0 Å². The molecule has 1 amide bonds. The van der Waals surface area contributed by atoms with Crippen molar-refractivity contribution in [2.45, 2.75) is 45.9 Å². The normalized spacial score (nSPS) is 13.3. The van der Waals surface area contributed by atoms with Gasteiger partial charge in [0.15, 0.2) is 5.58 Å². The van der Waals surface area contributed by atoms with Crippen LogP contribution in [0.2, 0.25) is 0 Å². The standard InChI is InChI=1S/C23H24N2O6/c1-23(2,3)31-20(26)9-10-29-18-6-4-5-15-12-25(13-16(15)18)21(27)14-7-8-17-19(11-14)30-22(28)24-17/h4-8,11H,9-10,12-13H2,1-3H3,(H,24,28). The number of oxazole rings is 1. The predicted octanol–water partition coefficient (Wildman–Crippen LogP) is 3.39. The van der Waals surface area contributed by atoms with E-state index in [2.05, 4.69) is 4.98 Å². The molecule has 31 heavy (non-hydrogen) atoms. The van der Waals surface area contributed by atoms with Crippen molar-refractivity contribution in [1.29, 1.82) is 0 Å². The number of H-pyrrole nitrogens is 1. The molecule has 1 aromatic heterocycles. The lowest BCUT2D eigenvalue weighted by atomic mass is 10.1. The summed E-state index contributed by atoms with van der Waals surface area (Å²) in [6.45, 7) is 6.51. The Kier molecular flexibility index (Phi) is 5.31. The van der Waals surface area contributed by atoms with Gasteiger partial charge in [0.05, 0.1) is 25.1 Å². The first-order valence-corrected chi connectivity index (χ1v) is 10.1. The molecular formula is C23H24N2O6. The molecule has 0 atom stereocenters. The summed E-state index contributed by atoms with van der Waals surface area (Å²) in [5, 5.41) is 0. The van der Waals surface area contributed by atoms with Crippen LogP contribution in [0.1, 0.15) is 48.7 Å². The van der Waals surface area contributed by atoms with Crippen molar-refractivity contribution in [2.75, 3.05) is 6.61 Å². The summed E-state index contributed by atoms with van der Waals surface area (Å²) in [7, 11) is 0. The molecule has 2 aromatic carbocycles. The van der Waals surface area contributed by atoms with Crippen molar-refractivity contribution in [3.63, 3.8) is 0 Å². The van der Waals surface area contributed by atoms with Crippen molar-refractivity contribution < 1.29 is 23.5 Å². The number of rotatable bonds is 5. The van der Waals surface area contributed by atoms with Crippen molar-refractivity contribution in [1.82, 2.24) is 9.88 Å². The monoisotopic (exact) mass is 424 g/mol. The van der Waals surface area contributed by atoms with Gasteiger partial charge < -0.3 is 18.8 Å². The summed E-state index contributed by atoms with van der Waals surface area (Å²) in [5.41, 5.74) is 2.73. The number of aromatic amines is 1. The van der Waals surface area contributed by atoms with E-state index in [4.69, 9.17) is 13.9 Å². The van der Waals surface area contributed by atoms with E-state index in [0.717, 1.165) is 11.1 Å². The second-order valence-electron chi connectivity index (χ2n) is 8.47. The van der Waals surface area contributed by atoms with Gasteiger partial charge in [0.25, 0.3) is 5.91 Å². The molecule has 3 aromatic rings. The highest BCUT2D eigenvalue weighted by Crippen LogP contribution is 2.32. The number of carbonyl (C=O) groups is 2. The van der Waals surface area contributed by atoms with Gasteiger partial charge in [-0.05, 0) is 50.6 Å². The summed E-state index contributed by atoms with van der Waals surface area (Å²) >= 11 is 0. The van der Waals surface area contributed by atoms with Crippen LogP contribution in [0, 0.1) is 0 Å². The molecule has 1 N–H and O–H groups in total. The lowest BCUT2D eigenvalue weighted by Gasteiger charge is -2.19. The van der Waals surface area contributed by atoms with E-state index in [1.807, 2.05) is 39.0 Å². The van der Waals surface area contributed by atoms with Crippen molar-refractivity contribution in [3.05, 3.63) is 63.6 Å². The van der Waals surface area contributed by atoms with E-state index in [9.17, 15) is 14.4 Å². The Labute approximate surface area is 178 Å². The first-order chi connectivity index (χ1) is 14.7. The zero-order chi connectivity index (χ0) is 22.2. The first-order valence-electron chi connectivity index (χ1n) is 10.1. The third-order valence-electron chi connectivity index (χ3n) is 4.88. The highest BCUT2D eigenvalue weighted by molar-refractivity contribution is 5.97. The van der Waals surface area contributed by atoms with Gasteiger partial charge in [-0.25, -0.2) is 4.79 Å². The topological polar surface area (TPSA) is 102 Å². The molecule has 162 valence electrons. The van der Waals surface area contributed by atoms with Gasteiger partial charge in [-0.3, -0.25) is 14.6 Å². The molecular weight excluding hydrogens is 400 g/mol. The van der Waals surface area contributed by atoms with Gasteiger partial charge in [-0.15, -0.1) is 0 Å². The maximum absolute atomic E-state index is 13.0. The van der Waals surface area contributed by atoms with E-state index in [1.165, 1.54) is 0 Å². The van der Waals surface area contributed by atoms with Crippen molar-refractivity contribution in [2.24, 2.45) is 0 Å². The molecule has 0 spiro atoms. The number of nitrogens with one attached hydrogen (secondary N) is 1. The minimum absolute atomic E-state index is 0.144. The summed E-state index contributed by atoms with van der Waals surface area (Å²) in [5.74, 6) is -0.380. The number of amides is 1. The zero-order valence-electron chi connectivity index (χ0n) is 17.7. The van der Waals surface area contributed by atoms with E-state index in [0.29, 0.717) is 35.5 Å². The zero-order valence-corrected chi connectivity index (χ0v) is 17.7. The minimum atomic E-state index is -0.554. The SMILES string of the molecule is CC(C)(C)OC(=O)CCOc1cccc2c1CN(C(=O)c1ccc3[nH]c(=O)oc3c1)C2. The van der Waals surface area contributed by atoms with Gasteiger partial charge in [0.2, 0.25) is 0 Å². The Morgan fingerprint density at radius 3 is 2.74 bits per heavy atom. The molecule has 0 radical (unpaired) electrons. The van der Waals surface area contributed by atoms with Crippen LogP contribution in [0.5, 0.6) is 5.75 Å². The van der Waals surface area contributed by atoms with Gasteiger partial charge in [0, 0.05) is 17.7 Å². The summed E-state index contributed by atoms with van der Waals surface area (Å²) in [6, 6.07) is 10.5. The average Bonchev–Trinajstić information content (AvgIpc) is 3.28. The number of aromatic nitrogens is 1. The Balaban J connectivity index is 1.43. The van der Waals surface area contributed by atoms with Gasteiger partial charge in [0.1, 0.15) is 11.4 Å². The number of hydrogen-bond acceptors (Lipinski definition) is 6. The molecule has 8 nitrogen and oxygen atoms in total. The number of fused-ring (bicyclic) bond motifs is 2. The quantitative estimate of drug-likeness (QED) is 0.630. The summed E-state index contributed by atoms with van der Waals surface area (Å²) in [6.07, 6.45) is 0.144. The molecule has 0 saturated heterocycles. The van der Waals surface area contributed by atoms with Crippen molar-refractivity contribution >= 4 is 23.0 Å². The predicted molar refractivity (Wildman–Crippen MR) is 113 cm³/mol. The lowest BCUT2D eigenvalue weighted by molar-refractivity contribution is -0.155.